The van der Waals surface area contributed by atoms with Crippen LogP contribution in [0.25, 0.3) is 5.69 Å². The molecule has 0 radical (unpaired) electrons. The van der Waals surface area contributed by atoms with Gasteiger partial charge in [-0.05, 0) is 19.1 Å². The number of rotatable bonds is 5. The van der Waals surface area contributed by atoms with Crippen LogP contribution in [-0.2, 0) is 22.9 Å². The molecule has 0 aliphatic carbocycles. The number of hydrogen-bond acceptors (Lipinski definition) is 5. The molecule has 29 heavy (non-hydrogen) atoms. The van der Waals surface area contributed by atoms with Gasteiger partial charge in [0.15, 0.2) is 0 Å². The second-order valence-electron chi connectivity index (χ2n) is 5.69. The first-order valence-electron chi connectivity index (χ1n) is 7.66. The van der Waals surface area contributed by atoms with Gasteiger partial charge in [0.1, 0.15) is 11.5 Å². The number of hydrogen-bond donors (Lipinski definition) is 1. The van der Waals surface area contributed by atoms with Crippen LogP contribution in [0.3, 0.4) is 0 Å². The van der Waals surface area contributed by atoms with Gasteiger partial charge in [0.05, 0.1) is 16.9 Å². The predicted octanol–water partition coefficient (Wildman–Crippen LogP) is 2.17. The van der Waals surface area contributed by atoms with Crippen molar-refractivity contribution in [3.05, 3.63) is 61.1 Å². The van der Waals surface area contributed by atoms with Crippen LogP contribution >= 0.6 is 11.6 Å². The van der Waals surface area contributed by atoms with E-state index < -0.39 is 46.7 Å². The number of nitrogens with zero attached hydrogens (tertiary/aromatic N) is 3. The van der Waals surface area contributed by atoms with E-state index >= 15 is 0 Å². The van der Waals surface area contributed by atoms with Crippen molar-refractivity contribution < 1.29 is 32.3 Å². The maximum absolute atomic E-state index is 14.3. The molecule has 13 heteroatoms. The lowest BCUT2D eigenvalue weighted by molar-refractivity contribution is -0.149. The third-order valence-electron chi connectivity index (χ3n) is 3.68. The molecule has 2 aromatic rings. The summed E-state index contributed by atoms with van der Waals surface area (Å²) in [6, 6.07) is 1.75. The summed E-state index contributed by atoms with van der Waals surface area (Å²) in [7, 11) is 0.776. The molecule has 0 saturated carbocycles. The van der Waals surface area contributed by atoms with Crippen LogP contribution in [-0.4, -0.2) is 32.5 Å². The number of aliphatic carboxylic acids is 1. The molecular formula is C16H12ClF4N3O5. The Balaban J connectivity index is 2.61. The molecule has 1 N–H and O–H groups in total. The molecule has 156 valence electrons. The zero-order valence-corrected chi connectivity index (χ0v) is 15.5. The highest BCUT2D eigenvalue weighted by Gasteiger charge is 2.35. The Hall–Kier alpha value is -3.15. The van der Waals surface area contributed by atoms with Crippen LogP contribution in [0.15, 0.2) is 32.9 Å². The van der Waals surface area contributed by atoms with Crippen LogP contribution in [0, 0.1) is 5.82 Å². The van der Waals surface area contributed by atoms with Gasteiger partial charge in [0.25, 0.3) is 5.56 Å². The second-order valence-corrected chi connectivity index (χ2v) is 6.10. The zero-order valence-electron chi connectivity index (χ0n) is 14.7. The number of carboxylic acid groups (broad SMARTS) is 1. The maximum Gasteiger partial charge on any atom is 0.431 e. The van der Waals surface area contributed by atoms with E-state index in [0.29, 0.717) is 6.07 Å². The minimum atomic E-state index is -4.97. The highest BCUT2D eigenvalue weighted by atomic mass is 35.5. The average molecular weight is 438 g/mol. The number of carbonyl (C=O) groups is 1. The number of alkyl halides is 3. The predicted molar refractivity (Wildman–Crippen MR) is 93.0 cm³/mol. The van der Waals surface area contributed by atoms with Crippen LogP contribution in [0.5, 0.6) is 0 Å². The van der Waals surface area contributed by atoms with Gasteiger partial charge in [-0.2, -0.15) is 13.2 Å². The zero-order chi connectivity index (χ0) is 22.1. The fourth-order valence-electron chi connectivity index (χ4n) is 2.17. The quantitative estimate of drug-likeness (QED) is 0.439. The van der Waals surface area contributed by atoms with Crippen molar-refractivity contribution in [1.82, 2.24) is 9.13 Å². The summed E-state index contributed by atoms with van der Waals surface area (Å²) in [5.74, 6) is -2.47. The summed E-state index contributed by atoms with van der Waals surface area (Å²) in [5.41, 5.74) is -5.13. The van der Waals surface area contributed by atoms with Gasteiger partial charge in [-0.1, -0.05) is 16.8 Å². The fourth-order valence-corrected chi connectivity index (χ4v) is 2.37. The molecular weight excluding hydrogens is 426 g/mol. The monoisotopic (exact) mass is 437 g/mol. The summed E-state index contributed by atoms with van der Waals surface area (Å²) in [4.78, 5) is 39.7. The van der Waals surface area contributed by atoms with E-state index in [9.17, 15) is 31.9 Å². The van der Waals surface area contributed by atoms with E-state index in [1.807, 2.05) is 0 Å². The van der Waals surface area contributed by atoms with Crippen molar-refractivity contribution in [1.29, 1.82) is 0 Å². The Morgan fingerprint density at radius 2 is 1.93 bits per heavy atom. The van der Waals surface area contributed by atoms with Crippen LogP contribution in [0.4, 0.5) is 17.6 Å². The van der Waals surface area contributed by atoms with Gasteiger partial charge in [0.2, 0.25) is 6.10 Å². The average Bonchev–Trinajstić information content (AvgIpc) is 2.60. The van der Waals surface area contributed by atoms with Crippen molar-refractivity contribution in [2.45, 2.75) is 19.2 Å². The van der Waals surface area contributed by atoms with Gasteiger partial charge >= 0.3 is 17.8 Å². The van der Waals surface area contributed by atoms with Gasteiger partial charge in [-0.3, -0.25) is 9.36 Å². The lowest BCUT2D eigenvalue weighted by Crippen LogP contribution is -2.41. The molecule has 2 rings (SSSR count). The molecule has 0 aliphatic rings. The van der Waals surface area contributed by atoms with Crippen LogP contribution in [0.2, 0.25) is 5.02 Å². The summed E-state index contributed by atoms with van der Waals surface area (Å²) < 4.78 is 53.5. The smallest absolute Gasteiger partial charge is 0.431 e. The topological polar surface area (TPSA) is 103 Å². The summed E-state index contributed by atoms with van der Waals surface area (Å²) in [5, 5.41) is 11.8. The molecule has 8 nitrogen and oxygen atoms in total. The van der Waals surface area contributed by atoms with Crippen molar-refractivity contribution in [2.75, 3.05) is 0 Å². The number of benzene rings is 1. The Bertz CT molecular complexity index is 1110. The number of aromatic nitrogens is 2. The van der Waals surface area contributed by atoms with Gasteiger partial charge in [-0.15, -0.1) is 0 Å². The molecule has 0 bridgehead atoms. The molecule has 1 heterocycles. The number of oxime groups is 1. The van der Waals surface area contributed by atoms with Crippen molar-refractivity contribution in [3.63, 3.8) is 0 Å². The first-order valence-corrected chi connectivity index (χ1v) is 8.04. The van der Waals surface area contributed by atoms with Gasteiger partial charge < -0.3 is 9.94 Å². The molecule has 0 amide bonds. The van der Waals surface area contributed by atoms with E-state index in [1.54, 1.807) is 0 Å². The summed E-state index contributed by atoms with van der Waals surface area (Å²) in [6.45, 7) is 1.18. The number of carboxylic acids is 1. The first kappa shape index (κ1) is 22.1. The Kier molecular flexibility index (Phi) is 6.16. The van der Waals surface area contributed by atoms with Gasteiger partial charge in [0, 0.05) is 18.7 Å². The van der Waals surface area contributed by atoms with Crippen LogP contribution in [0.1, 0.15) is 18.2 Å². The standard InChI is InChI=1S/C16H12ClF4N3O5/c1-7(14(26)27)29-22-6-8-3-11(10(18)4-9(8)17)24-13(25)5-12(16(19,20)21)23(2)15(24)28/h3-7H,1-2H3,(H,26,27)/b22-6+/t7-/m1/s1. The molecule has 0 aliphatic heterocycles. The van der Waals surface area contributed by atoms with E-state index in [1.165, 1.54) is 6.92 Å². The molecule has 0 spiro atoms. The van der Waals surface area contributed by atoms with Crippen molar-refractivity contribution >= 4 is 23.8 Å². The van der Waals surface area contributed by atoms with E-state index in [-0.39, 0.29) is 25.8 Å². The first-order chi connectivity index (χ1) is 13.3. The normalized spacial score (nSPS) is 12.9. The largest absolute Gasteiger partial charge is 0.478 e. The third kappa shape index (κ3) is 4.65. The molecule has 1 atom stereocenters. The Morgan fingerprint density at radius 1 is 1.31 bits per heavy atom. The van der Waals surface area contributed by atoms with E-state index in [0.717, 1.165) is 19.3 Å². The molecule has 1 aromatic carbocycles. The minimum Gasteiger partial charge on any atom is -0.478 e. The summed E-state index contributed by atoms with van der Waals surface area (Å²) >= 11 is 5.84. The summed E-state index contributed by atoms with van der Waals surface area (Å²) in [6.07, 6.45) is -5.39. The number of halogens is 5. The third-order valence-corrected chi connectivity index (χ3v) is 4.00. The molecule has 0 fully saturated rings. The lowest BCUT2D eigenvalue weighted by atomic mass is 10.2. The highest BCUT2D eigenvalue weighted by molar-refractivity contribution is 6.33. The second kappa shape index (κ2) is 8.07. The fraction of sp³-hybridized carbons (Fsp3) is 0.250. The highest BCUT2D eigenvalue weighted by Crippen LogP contribution is 2.27. The van der Waals surface area contributed by atoms with Crippen molar-refractivity contribution in [2.24, 2.45) is 12.2 Å². The minimum absolute atomic E-state index is 0.0884. The van der Waals surface area contributed by atoms with Gasteiger partial charge in [-0.25, -0.2) is 18.5 Å². The lowest BCUT2D eigenvalue weighted by Gasteiger charge is -2.14. The van der Waals surface area contributed by atoms with Crippen LogP contribution < -0.4 is 11.2 Å². The molecule has 0 unspecified atom stereocenters. The Morgan fingerprint density at radius 3 is 2.48 bits per heavy atom. The van der Waals surface area contributed by atoms with E-state index in [2.05, 4.69) is 9.99 Å². The molecule has 0 saturated heterocycles. The maximum atomic E-state index is 14.3. The SMILES string of the molecule is C[C@@H](O/N=C/c1cc(-n2c(=O)cc(C(F)(F)F)n(C)c2=O)c(F)cc1Cl)C(=O)O. The Labute approximate surface area is 164 Å². The van der Waals surface area contributed by atoms with Crippen molar-refractivity contribution in [3.8, 4) is 5.69 Å². The van der Waals surface area contributed by atoms with E-state index in [4.69, 9.17) is 16.7 Å². The molecule has 1 aromatic heterocycles.